The second-order valence-corrected chi connectivity index (χ2v) is 5.16. The number of carbonyl (C=O) groups is 1. The molecule has 1 aromatic heterocycles. The Morgan fingerprint density at radius 1 is 1.59 bits per heavy atom. The van der Waals surface area contributed by atoms with Crippen molar-refractivity contribution in [1.29, 1.82) is 0 Å². The van der Waals surface area contributed by atoms with Crippen LogP contribution < -0.4 is 10.6 Å². The Bertz CT molecular complexity index is 432. The van der Waals surface area contributed by atoms with Crippen LogP contribution in [0.1, 0.15) is 42.7 Å². The standard InChI is InChI=1S/C11H16N4O2/c1-11(4-5-12-6-11)10-14-8(15-17-10)9(16)13-7-2-3-7/h7,12H,2-6H2,1H3,(H,13,16). The van der Waals surface area contributed by atoms with Crippen molar-refractivity contribution in [2.75, 3.05) is 13.1 Å². The molecule has 6 heteroatoms. The summed E-state index contributed by atoms with van der Waals surface area (Å²) in [5.74, 6) is 0.487. The van der Waals surface area contributed by atoms with Gasteiger partial charge in [0.15, 0.2) is 0 Å². The van der Waals surface area contributed by atoms with Crippen molar-refractivity contribution in [2.24, 2.45) is 0 Å². The molecule has 1 saturated heterocycles. The van der Waals surface area contributed by atoms with Gasteiger partial charge in [-0.2, -0.15) is 4.98 Å². The first-order chi connectivity index (χ1) is 8.17. The zero-order valence-corrected chi connectivity index (χ0v) is 9.82. The highest BCUT2D eigenvalue weighted by atomic mass is 16.5. The number of hydrogen-bond donors (Lipinski definition) is 2. The molecule has 2 N–H and O–H groups in total. The monoisotopic (exact) mass is 236 g/mol. The molecule has 17 heavy (non-hydrogen) atoms. The number of rotatable bonds is 3. The summed E-state index contributed by atoms with van der Waals surface area (Å²) in [6, 6.07) is 0.313. The lowest BCUT2D eigenvalue weighted by Crippen LogP contribution is -2.28. The molecule has 92 valence electrons. The number of nitrogens with one attached hydrogen (secondary N) is 2. The molecule has 1 unspecified atom stereocenters. The van der Waals surface area contributed by atoms with E-state index in [0.717, 1.165) is 32.4 Å². The molecule has 1 saturated carbocycles. The zero-order chi connectivity index (χ0) is 11.9. The van der Waals surface area contributed by atoms with Crippen molar-refractivity contribution in [3.05, 3.63) is 11.7 Å². The van der Waals surface area contributed by atoms with E-state index in [-0.39, 0.29) is 17.1 Å². The van der Waals surface area contributed by atoms with Gasteiger partial charge in [-0.1, -0.05) is 5.16 Å². The quantitative estimate of drug-likeness (QED) is 0.784. The molecule has 1 aromatic rings. The van der Waals surface area contributed by atoms with Gasteiger partial charge >= 0.3 is 0 Å². The van der Waals surface area contributed by atoms with Gasteiger partial charge in [-0.15, -0.1) is 0 Å². The van der Waals surface area contributed by atoms with Crippen molar-refractivity contribution in [1.82, 2.24) is 20.8 Å². The molecule has 2 heterocycles. The highest BCUT2D eigenvalue weighted by molar-refractivity contribution is 5.90. The maximum atomic E-state index is 11.7. The SMILES string of the molecule is CC1(c2nc(C(=O)NC3CC3)no2)CCNC1. The summed E-state index contributed by atoms with van der Waals surface area (Å²) in [4.78, 5) is 15.9. The Labute approximate surface area is 99.2 Å². The minimum Gasteiger partial charge on any atom is -0.346 e. The summed E-state index contributed by atoms with van der Waals surface area (Å²) < 4.78 is 5.21. The molecular weight excluding hydrogens is 220 g/mol. The Morgan fingerprint density at radius 2 is 2.41 bits per heavy atom. The molecule has 1 atom stereocenters. The van der Waals surface area contributed by atoms with Gasteiger partial charge in [0, 0.05) is 12.6 Å². The molecule has 0 bridgehead atoms. The summed E-state index contributed by atoms with van der Waals surface area (Å²) in [6.07, 6.45) is 3.06. The highest BCUT2D eigenvalue weighted by Crippen LogP contribution is 2.28. The second-order valence-electron chi connectivity index (χ2n) is 5.16. The zero-order valence-electron chi connectivity index (χ0n) is 9.82. The van der Waals surface area contributed by atoms with E-state index in [1.807, 2.05) is 0 Å². The van der Waals surface area contributed by atoms with E-state index in [9.17, 15) is 4.79 Å². The Balaban J connectivity index is 1.74. The van der Waals surface area contributed by atoms with Gasteiger partial charge in [0.25, 0.3) is 11.7 Å². The Morgan fingerprint density at radius 3 is 3.06 bits per heavy atom. The normalized spacial score (nSPS) is 28.3. The lowest BCUT2D eigenvalue weighted by Gasteiger charge is -2.15. The number of amides is 1. The van der Waals surface area contributed by atoms with Crippen molar-refractivity contribution in [3.8, 4) is 0 Å². The lowest BCUT2D eigenvalue weighted by atomic mass is 9.90. The fourth-order valence-corrected chi connectivity index (χ4v) is 2.04. The third kappa shape index (κ3) is 2.04. The summed E-state index contributed by atoms with van der Waals surface area (Å²) in [5, 5.41) is 9.87. The Hall–Kier alpha value is -1.43. The Kier molecular flexibility index (Phi) is 2.39. The van der Waals surface area contributed by atoms with E-state index >= 15 is 0 Å². The second kappa shape index (κ2) is 3.80. The van der Waals surface area contributed by atoms with E-state index in [1.165, 1.54) is 0 Å². The third-order valence-electron chi connectivity index (χ3n) is 3.43. The summed E-state index contributed by atoms with van der Waals surface area (Å²) in [7, 11) is 0. The topological polar surface area (TPSA) is 80.1 Å². The maximum absolute atomic E-state index is 11.7. The van der Waals surface area contributed by atoms with Crippen LogP contribution in [-0.2, 0) is 5.41 Å². The van der Waals surface area contributed by atoms with E-state index in [1.54, 1.807) is 0 Å². The molecule has 1 aliphatic carbocycles. The highest BCUT2D eigenvalue weighted by Gasteiger charge is 2.37. The maximum Gasteiger partial charge on any atom is 0.292 e. The number of carbonyl (C=O) groups excluding carboxylic acids is 1. The molecule has 0 radical (unpaired) electrons. The summed E-state index contributed by atoms with van der Waals surface area (Å²) >= 11 is 0. The minimum absolute atomic E-state index is 0.134. The van der Waals surface area contributed by atoms with Crippen LogP contribution in [0.25, 0.3) is 0 Å². The fourth-order valence-electron chi connectivity index (χ4n) is 2.04. The van der Waals surface area contributed by atoms with E-state index in [0.29, 0.717) is 11.9 Å². The van der Waals surface area contributed by atoms with Crippen LogP contribution in [-0.4, -0.2) is 35.2 Å². The van der Waals surface area contributed by atoms with Crippen LogP contribution in [0.2, 0.25) is 0 Å². The van der Waals surface area contributed by atoms with Gasteiger partial charge in [-0.3, -0.25) is 4.79 Å². The molecule has 1 aliphatic heterocycles. The minimum atomic E-state index is -0.225. The average Bonchev–Trinajstić information content (AvgIpc) is 2.84. The van der Waals surface area contributed by atoms with E-state index < -0.39 is 0 Å². The van der Waals surface area contributed by atoms with Crippen LogP contribution in [0.5, 0.6) is 0 Å². The first-order valence-electron chi connectivity index (χ1n) is 6.03. The smallest absolute Gasteiger partial charge is 0.292 e. The van der Waals surface area contributed by atoms with Crippen LogP contribution in [0, 0.1) is 0 Å². The van der Waals surface area contributed by atoms with Crippen LogP contribution in [0.3, 0.4) is 0 Å². The molecule has 2 fully saturated rings. The van der Waals surface area contributed by atoms with Gasteiger partial charge in [0.1, 0.15) is 0 Å². The predicted molar refractivity (Wildman–Crippen MR) is 59.6 cm³/mol. The van der Waals surface area contributed by atoms with E-state index in [4.69, 9.17) is 4.52 Å². The molecular formula is C11H16N4O2. The van der Waals surface area contributed by atoms with Crippen LogP contribution in [0.4, 0.5) is 0 Å². The molecule has 6 nitrogen and oxygen atoms in total. The van der Waals surface area contributed by atoms with Gasteiger partial charge < -0.3 is 15.2 Å². The molecule has 0 spiro atoms. The lowest BCUT2D eigenvalue weighted by molar-refractivity contribution is 0.0937. The largest absolute Gasteiger partial charge is 0.346 e. The van der Waals surface area contributed by atoms with Crippen LogP contribution in [0.15, 0.2) is 4.52 Å². The van der Waals surface area contributed by atoms with Gasteiger partial charge in [-0.05, 0) is 32.7 Å². The number of aromatic nitrogens is 2. The third-order valence-corrected chi connectivity index (χ3v) is 3.43. The van der Waals surface area contributed by atoms with Gasteiger partial charge in [0.05, 0.1) is 5.41 Å². The number of hydrogen-bond acceptors (Lipinski definition) is 5. The number of nitrogens with zero attached hydrogens (tertiary/aromatic N) is 2. The van der Waals surface area contributed by atoms with Gasteiger partial charge in [0.2, 0.25) is 5.89 Å². The van der Waals surface area contributed by atoms with Gasteiger partial charge in [-0.25, -0.2) is 0 Å². The van der Waals surface area contributed by atoms with E-state index in [2.05, 4.69) is 27.7 Å². The summed E-state index contributed by atoms with van der Waals surface area (Å²) in [6.45, 7) is 3.84. The van der Waals surface area contributed by atoms with Crippen molar-refractivity contribution < 1.29 is 9.32 Å². The fraction of sp³-hybridized carbons (Fsp3) is 0.727. The predicted octanol–water partition coefficient (Wildman–Crippen LogP) is 0.213. The first kappa shape index (κ1) is 10.7. The van der Waals surface area contributed by atoms with Crippen LogP contribution >= 0.6 is 0 Å². The molecule has 1 amide bonds. The summed E-state index contributed by atoms with van der Waals surface area (Å²) in [5.41, 5.74) is -0.134. The van der Waals surface area contributed by atoms with Crippen molar-refractivity contribution >= 4 is 5.91 Å². The molecule has 3 rings (SSSR count). The van der Waals surface area contributed by atoms with Crippen molar-refractivity contribution in [2.45, 2.75) is 37.6 Å². The van der Waals surface area contributed by atoms with Crippen molar-refractivity contribution in [3.63, 3.8) is 0 Å². The molecule has 0 aromatic carbocycles. The average molecular weight is 236 g/mol. The first-order valence-corrected chi connectivity index (χ1v) is 6.03. The molecule has 2 aliphatic rings.